The summed E-state index contributed by atoms with van der Waals surface area (Å²) in [5, 5.41) is 1.05. The van der Waals surface area contributed by atoms with Crippen LogP contribution in [0.3, 0.4) is 0 Å². The molecule has 1 aromatic carbocycles. The van der Waals surface area contributed by atoms with E-state index in [1.165, 1.54) is 17.7 Å². The zero-order chi connectivity index (χ0) is 13.2. The van der Waals surface area contributed by atoms with Crippen LogP contribution in [0, 0.1) is 5.92 Å². The van der Waals surface area contributed by atoms with Gasteiger partial charge < -0.3 is 9.88 Å². The summed E-state index contributed by atoms with van der Waals surface area (Å²) in [5.74, 6) is 1.01. The summed E-state index contributed by atoms with van der Waals surface area (Å²) in [6.07, 6.45) is 4.42. The first-order chi connectivity index (χ1) is 9.24. The Morgan fingerprint density at radius 1 is 1.42 bits per heavy atom. The number of aromatic amines is 1. The van der Waals surface area contributed by atoms with Crippen molar-refractivity contribution in [3.05, 3.63) is 36.0 Å². The molecule has 3 heteroatoms. The van der Waals surface area contributed by atoms with Gasteiger partial charge in [0.25, 0.3) is 0 Å². The number of fused-ring (bicyclic) bond motifs is 1. The van der Waals surface area contributed by atoms with Crippen LogP contribution in [0.5, 0.6) is 0 Å². The summed E-state index contributed by atoms with van der Waals surface area (Å²) >= 11 is 0. The topological polar surface area (TPSA) is 37.3 Å². The molecule has 19 heavy (non-hydrogen) atoms. The van der Waals surface area contributed by atoms with Crippen LogP contribution in [0.15, 0.2) is 30.5 Å². The van der Waals surface area contributed by atoms with E-state index in [4.69, 9.17) is 0 Å². The summed E-state index contributed by atoms with van der Waals surface area (Å²) in [6, 6.07) is 8.02. The number of carbonyl (C=O) groups excluding carboxylic acids is 1. The molecule has 1 aliphatic heterocycles. The van der Waals surface area contributed by atoms with Crippen LogP contribution in [0.2, 0.25) is 0 Å². The van der Waals surface area contributed by atoms with Gasteiger partial charge in [0.1, 0.15) is 6.54 Å². The van der Waals surface area contributed by atoms with Crippen LogP contribution in [-0.4, -0.2) is 30.4 Å². The van der Waals surface area contributed by atoms with Gasteiger partial charge in [-0.15, -0.1) is 0 Å². The maximum absolute atomic E-state index is 12.5. The Morgan fingerprint density at radius 2 is 2.26 bits per heavy atom. The minimum absolute atomic E-state index is 0.265. The first kappa shape index (κ1) is 12.4. The molecular formula is C16H21N2O+. The number of rotatable bonds is 3. The van der Waals surface area contributed by atoms with Crippen molar-refractivity contribution in [2.24, 2.45) is 5.92 Å². The van der Waals surface area contributed by atoms with E-state index >= 15 is 0 Å². The monoisotopic (exact) mass is 257 g/mol. The first-order valence-electron chi connectivity index (χ1n) is 7.17. The van der Waals surface area contributed by atoms with Gasteiger partial charge in [-0.25, -0.2) is 0 Å². The number of para-hydroxylation sites is 1. The van der Waals surface area contributed by atoms with E-state index in [2.05, 4.69) is 11.9 Å². The Labute approximate surface area is 113 Å². The van der Waals surface area contributed by atoms with Crippen LogP contribution >= 0.6 is 0 Å². The Kier molecular flexibility index (Phi) is 3.38. The number of quaternary nitrogens is 1. The number of aromatic nitrogens is 1. The quantitative estimate of drug-likeness (QED) is 0.806. The zero-order valence-corrected chi connectivity index (χ0v) is 11.4. The molecule has 1 saturated heterocycles. The molecule has 1 unspecified atom stereocenters. The van der Waals surface area contributed by atoms with Crippen LogP contribution in [0.4, 0.5) is 0 Å². The first-order valence-corrected chi connectivity index (χ1v) is 7.17. The highest BCUT2D eigenvalue weighted by Crippen LogP contribution is 2.17. The Balaban J connectivity index is 1.76. The lowest BCUT2D eigenvalue weighted by molar-refractivity contribution is -0.900. The van der Waals surface area contributed by atoms with Gasteiger partial charge in [0.15, 0.2) is 0 Å². The molecular weight excluding hydrogens is 236 g/mol. The van der Waals surface area contributed by atoms with Crippen molar-refractivity contribution >= 4 is 16.7 Å². The number of hydrogen-bond acceptors (Lipinski definition) is 1. The molecule has 0 radical (unpaired) electrons. The number of Topliss-reactive ketones (excluding diaryl/α,β-unsaturated/α-hetero) is 1. The average Bonchev–Trinajstić information content (AvgIpc) is 2.82. The molecule has 2 aromatic rings. The Bertz CT molecular complexity index is 587. The van der Waals surface area contributed by atoms with Gasteiger partial charge in [-0.1, -0.05) is 25.1 Å². The Hall–Kier alpha value is -1.61. The molecule has 1 aromatic heterocycles. The molecule has 3 nitrogen and oxygen atoms in total. The van der Waals surface area contributed by atoms with Gasteiger partial charge in [0.2, 0.25) is 5.78 Å². The molecule has 0 amide bonds. The minimum atomic E-state index is 0.265. The SMILES string of the molecule is C[C@@H]1CCC[NH+](CC(=O)c2c[nH]c3ccccc23)C1. The predicted octanol–water partition coefficient (Wildman–Crippen LogP) is 1.67. The number of benzene rings is 1. The number of piperidine rings is 1. The van der Waals surface area contributed by atoms with Crippen molar-refractivity contribution in [2.45, 2.75) is 19.8 Å². The predicted molar refractivity (Wildman–Crippen MR) is 76.6 cm³/mol. The third-order valence-electron chi connectivity index (χ3n) is 4.16. The van der Waals surface area contributed by atoms with Crippen LogP contribution < -0.4 is 4.90 Å². The van der Waals surface area contributed by atoms with Crippen LogP contribution in [0.25, 0.3) is 10.9 Å². The van der Waals surface area contributed by atoms with Crippen molar-refractivity contribution in [3.8, 4) is 0 Å². The zero-order valence-electron chi connectivity index (χ0n) is 11.4. The number of hydrogen-bond donors (Lipinski definition) is 2. The normalized spacial score (nSPS) is 23.6. The summed E-state index contributed by atoms with van der Waals surface area (Å²) in [5.41, 5.74) is 1.90. The molecule has 2 heterocycles. The standard InChI is InChI=1S/C16H20N2O/c1-12-5-4-8-18(10-12)11-16(19)14-9-17-15-7-3-2-6-13(14)15/h2-3,6-7,9,12,17H,4-5,8,10-11H2,1H3/p+1/t12-/m1/s1. The summed E-state index contributed by atoms with van der Waals surface area (Å²) in [6.45, 7) is 5.19. The molecule has 1 fully saturated rings. The van der Waals surface area contributed by atoms with Gasteiger partial charge in [-0.3, -0.25) is 4.79 Å². The fourth-order valence-electron chi connectivity index (χ4n) is 3.18. The largest absolute Gasteiger partial charge is 0.360 e. The Morgan fingerprint density at radius 3 is 3.11 bits per heavy atom. The number of H-pyrrole nitrogens is 1. The third-order valence-corrected chi connectivity index (χ3v) is 4.16. The highest BCUT2D eigenvalue weighted by molar-refractivity contribution is 6.08. The van der Waals surface area contributed by atoms with Crippen molar-refractivity contribution in [1.29, 1.82) is 0 Å². The molecule has 0 bridgehead atoms. The number of nitrogens with one attached hydrogen (secondary N) is 2. The van der Waals surface area contributed by atoms with E-state index in [0.717, 1.165) is 35.5 Å². The van der Waals surface area contributed by atoms with E-state index in [0.29, 0.717) is 6.54 Å². The molecule has 0 saturated carbocycles. The van der Waals surface area contributed by atoms with E-state index < -0.39 is 0 Å². The minimum Gasteiger partial charge on any atom is -0.360 e. The lowest BCUT2D eigenvalue weighted by Crippen LogP contribution is -3.14. The highest BCUT2D eigenvalue weighted by Gasteiger charge is 2.23. The maximum atomic E-state index is 12.5. The second-order valence-corrected chi connectivity index (χ2v) is 5.80. The number of likely N-dealkylation sites (tertiary alicyclic amines) is 1. The second-order valence-electron chi connectivity index (χ2n) is 5.80. The fraction of sp³-hybridized carbons (Fsp3) is 0.438. The van der Waals surface area contributed by atoms with Crippen molar-refractivity contribution < 1.29 is 9.69 Å². The van der Waals surface area contributed by atoms with Crippen molar-refractivity contribution in [1.82, 2.24) is 4.98 Å². The molecule has 0 spiro atoms. The van der Waals surface area contributed by atoms with Gasteiger partial charge in [-0.05, 0) is 18.9 Å². The van der Waals surface area contributed by atoms with Gasteiger partial charge in [0.05, 0.1) is 13.1 Å². The van der Waals surface area contributed by atoms with Gasteiger partial charge in [0, 0.05) is 28.6 Å². The lowest BCUT2D eigenvalue weighted by atomic mass is 9.99. The third kappa shape index (κ3) is 2.56. The average molecular weight is 257 g/mol. The molecule has 1 aliphatic rings. The van der Waals surface area contributed by atoms with Crippen LogP contribution in [0.1, 0.15) is 30.1 Å². The smallest absolute Gasteiger partial charge is 0.219 e. The molecule has 0 aliphatic carbocycles. The van der Waals surface area contributed by atoms with E-state index in [-0.39, 0.29) is 5.78 Å². The van der Waals surface area contributed by atoms with Crippen molar-refractivity contribution in [3.63, 3.8) is 0 Å². The van der Waals surface area contributed by atoms with Gasteiger partial charge in [-0.2, -0.15) is 0 Å². The number of carbonyl (C=O) groups is 1. The van der Waals surface area contributed by atoms with Crippen molar-refractivity contribution in [2.75, 3.05) is 19.6 Å². The second kappa shape index (κ2) is 5.17. The van der Waals surface area contributed by atoms with E-state index in [1.807, 2.05) is 30.5 Å². The summed E-state index contributed by atoms with van der Waals surface area (Å²) in [4.78, 5) is 17.1. The lowest BCUT2D eigenvalue weighted by Gasteiger charge is -2.27. The van der Waals surface area contributed by atoms with E-state index in [9.17, 15) is 4.79 Å². The van der Waals surface area contributed by atoms with Gasteiger partial charge >= 0.3 is 0 Å². The molecule has 100 valence electrons. The molecule has 3 rings (SSSR count). The number of ketones is 1. The fourth-order valence-corrected chi connectivity index (χ4v) is 3.18. The van der Waals surface area contributed by atoms with E-state index in [1.54, 1.807) is 0 Å². The molecule has 2 atom stereocenters. The van der Waals surface area contributed by atoms with Crippen LogP contribution in [-0.2, 0) is 0 Å². The maximum Gasteiger partial charge on any atom is 0.219 e. The molecule has 2 N–H and O–H groups in total. The summed E-state index contributed by atoms with van der Waals surface area (Å²) in [7, 11) is 0. The highest BCUT2D eigenvalue weighted by atomic mass is 16.1. The summed E-state index contributed by atoms with van der Waals surface area (Å²) < 4.78 is 0.